The molecule has 0 unspecified atom stereocenters. The molecule has 0 N–H and O–H groups in total. The number of hydrogen-bond acceptors (Lipinski definition) is 2. The molecule has 4 nitrogen and oxygen atoms in total. The van der Waals surface area contributed by atoms with E-state index in [-0.39, 0.29) is 0 Å². The van der Waals surface area contributed by atoms with Crippen LogP contribution in [0.2, 0.25) is 0 Å². The zero-order chi connectivity index (χ0) is 30.5. The molecule has 45 heavy (non-hydrogen) atoms. The predicted octanol–water partition coefficient (Wildman–Crippen LogP) is 10.9. The van der Waals surface area contributed by atoms with Gasteiger partial charge in [0.2, 0.25) is 0 Å². The minimum Gasteiger partial charge on any atom is -0.294 e. The number of aryl methyl sites for hydroxylation is 1. The lowest BCUT2D eigenvalue weighted by Gasteiger charge is -2.11. The van der Waals surface area contributed by atoms with Gasteiger partial charge < -0.3 is 0 Å². The summed E-state index contributed by atoms with van der Waals surface area (Å²) in [6.07, 6.45) is 4.15. The van der Waals surface area contributed by atoms with E-state index in [1.807, 2.05) is 6.20 Å². The van der Waals surface area contributed by atoms with E-state index in [0.717, 1.165) is 22.5 Å². The van der Waals surface area contributed by atoms with Crippen LogP contribution in [0.4, 0.5) is 0 Å². The number of nitrogens with zero attached hydrogens (tertiary/aromatic N) is 4. The molecule has 3 aromatic heterocycles. The summed E-state index contributed by atoms with van der Waals surface area (Å²) in [5.74, 6) is 0.920. The third-order valence-electron chi connectivity index (χ3n) is 8.62. The number of rotatable bonds is 6. The number of hydrogen-bond donors (Lipinski definition) is 0. The Hall–Kier alpha value is -5.13. The van der Waals surface area contributed by atoms with Gasteiger partial charge in [-0.15, -0.1) is 0 Å². The largest absolute Gasteiger partial charge is 0.294 e. The Morgan fingerprint density at radius 2 is 1.38 bits per heavy atom. The van der Waals surface area contributed by atoms with Crippen molar-refractivity contribution in [1.82, 2.24) is 18.7 Å². The van der Waals surface area contributed by atoms with E-state index >= 15 is 0 Å². The summed E-state index contributed by atoms with van der Waals surface area (Å²) < 4.78 is 6.95. The van der Waals surface area contributed by atoms with E-state index in [2.05, 4.69) is 168 Å². The van der Waals surface area contributed by atoms with E-state index in [0.29, 0.717) is 6.04 Å². The van der Waals surface area contributed by atoms with E-state index < -0.39 is 0 Å². The normalized spacial score (nSPS) is 11.7. The smallest absolute Gasteiger partial charge is 0.191 e. The zero-order valence-electron chi connectivity index (χ0n) is 25.6. The zero-order valence-corrected chi connectivity index (χ0v) is 26.4. The topological polar surface area (TPSA) is 27.7 Å². The lowest BCUT2D eigenvalue weighted by atomic mass is 10.0. The maximum atomic E-state index is 4.89. The van der Waals surface area contributed by atoms with Crippen LogP contribution in [-0.2, 0) is 0 Å². The summed E-state index contributed by atoms with van der Waals surface area (Å²) >= 11 is 1.79. The maximum absolute atomic E-state index is 4.89. The van der Waals surface area contributed by atoms with Crippen molar-refractivity contribution in [2.24, 2.45) is 0 Å². The minimum absolute atomic E-state index is 0.374. The molecular weight excluding hydrogens is 569 g/mol. The Balaban J connectivity index is 1.22. The van der Waals surface area contributed by atoms with Gasteiger partial charge in [0, 0.05) is 51.0 Å². The summed E-state index contributed by atoms with van der Waals surface area (Å²) in [6.45, 7) is 6.62. The third-order valence-corrected chi connectivity index (χ3v) is 9.60. The van der Waals surface area contributed by atoms with Crippen molar-refractivity contribution < 1.29 is 0 Å². The summed E-state index contributed by atoms with van der Waals surface area (Å²) in [5, 5.41) is 2.45. The van der Waals surface area contributed by atoms with Crippen LogP contribution in [0.15, 0.2) is 150 Å². The molecule has 0 bridgehead atoms. The van der Waals surface area contributed by atoms with Crippen LogP contribution in [0, 0.1) is 6.92 Å². The highest BCUT2D eigenvalue weighted by Crippen LogP contribution is 2.37. The Morgan fingerprint density at radius 3 is 2.22 bits per heavy atom. The van der Waals surface area contributed by atoms with Crippen LogP contribution in [0.5, 0.6) is 0 Å². The lowest BCUT2D eigenvalue weighted by Crippen LogP contribution is -1.99. The van der Waals surface area contributed by atoms with Crippen molar-refractivity contribution in [2.45, 2.75) is 36.6 Å². The van der Waals surface area contributed by atoms with Gasteiger partial charge in [0.1, 0.15) is 11.5 Å². The van der Waals surface area contributed by atoms with E-state index in [4.69, 9.17) is 4.98 Å². The van der Waals surface area contributed by atoms with Gasteiger partial charge in [0.15, 0.2) is 17.4 Å². The monoisotopic (exact) mass is 601 g/mol. The summed E-state index contributed by atoms with van der Waals surface area (Å²) in [5.41, 5.74) is 9.57. The van der Waals surface area contributed by atoms with Crippen LogP contribution in [0.3, 0.4) is 0 Å². The molecule has 0 amide bonds. The van der Waals surface area contributed by atoms with Gasteiger partial charge in [-0.1, -0.05) is 60.3 Å². The molecule has 0 spiro atoms. The molecule has 0 atom stereocenters. The Bertz CT molecular complexity index is 2360. The van der Waals surface area contributed by atoms with E-state index in [1.54, 1.807) is 11.8 Å². The molecular formula is C40H33N4S+. The third kappa shape index (κ3) is 4.80. The van der Waals surface area contributed by atoms with Crippen molar-refractivity contribution >= 4 is 44.6 Å². The molecule has 0 aliphatic heterocycles. The first-order chi connectivity index (χ1) is 22.0. The van der Waals surface area contributed by atoms with Crippen LogP contribution < -0.4 is 0 Å². The number of aromatic nitrogens is 4. The van der Waals surface area contributed by atoms with Gasteiger partial charge >= 0.3 is 0 Å². The van der Waals surface area contributed by atoms with Crippen molar-refractivity contribution in [1.29, 1.82) is 0 Å². The Labute approximate surface area is 267 Å². The van der Waals surface area contributed by atoms with Crippen LogP contribution in [-0.4, -0.2) is 18.7 Å². The molecule has 8 rings (SSSR count). The van der Waals surface area contributed by atoms with Crippen molar-refractivity contribution in [3.05, 3.63) is 145 Å². The maximum Gasteiger partial charge on any atom is 0.191 e. The molecule has 0 saturated heterocycles. The van der Waals surface area contributed by atoms with Gasteiger partial charge in [-0.2, -0.15) is 4.57 Å². The first-order valence-corrected chi connectivity index (χ1v) is 16.2. The second-order valence-corrected chi connectivity index (χ2v) is 13.0. The Kier molecular flexibility index (Phi) is 6.76. The SMILES string of the molecule is Cc1ccccc1-c1ccnc(-n2c3ccccc3c3ccc(Sc4cccc(-n5[cH+]n(C(C)C)c6ccccc65)c4)cc32)c1. The van der Waals surface area contributed by atoms with Gasteiger partial charge in [0.05, 0.1) is 17.1 Å². The molecule has 5 heteroatoms. The van der Waals surface area contributed by atoms with Gasteiger partial charge in [0.25, 0.3) is 0 Å². The fourth-order valence-electron chi connectivity index (χ4n) is 6.45. The molecule has 8 aromatic rings. The number of imidazole rings is 1. The fraction of sp³-hybridized carbons (Fsp3) is 0.100. The average molecular weight is 602 g/mol. The van der Waals surface area contributed by atoms with E-state index in [1.165, 1.54) is 48.3 Å². The standard InChI is InChI=1S/C40H33N4S/c1-27(2)42-26-43(38-18-9-8-17-37(38)42)30-12-10-13-31(24-30)45-32-19-20-35-34-15-6-7-16-36(34)44(39(35)25-32)40-23-29(21-22-41-40)33-14-5-4-11-28(33)3/h4-27H,1-3H3/q+1. The second kappa shape index (κ2) is 11.1. The highest BCUT2D eigenvalue weighted by Gasteiger charge is 2.19. The summed E-state index contributed by atoms with van der Waals surface area (Å²) in [4.78, 5) is 7.27. The average Bonchev–Trinajstić information content (AvgIpc) is 3.62. The molecule has 0 radical (unpaired) electrons. The van der Waals surface area contributed by atoms with Crippen molar-refractivity contribution in [3.8, 4) is 22.6 Å². The van der Waals surface area contributed by atoms with Crippen molar-refractivity contribution in [3.63, 3.8) is 0 Å². The number of benzene rings is 5. The van der Waals surface area contributed by atoms with Gasteiger partial charge in [-0.3, -0.25) is 4.57 Å². The molecule has 0 aliphatic carbocycles. The van der Waals surface area contributed by atoms with Crippen LogP contribution >= 0.6 is 11.8 Å². The number of para-hydroxylation sites is 3. The van der Waals surface area contributed by atoms with Crippen molar-refractivity contribution in [2.75, 3.05) is 0 Å². The number of pyridine rings is 1. The number of fused-ring (bicyclic) bond motifs is 4. The Morgan fingerprint density at radius 1 is 0.644 bits per heavy atom. The van der Waals surface area contributed by atoms with Crippen LogP contribution in [0.25, 0.3) is 55.5 Å². The summed E-state index contributed by atoms with van der Waals surface area (Å²) in [6, 6.07) is 46.1. The molecule has 0 fully saturated rings. The molecule has 0 aliphatic rings. The minimum atomic E-state index is 0.374. The first kappa shape index (κ1) is 27.4. The van der Waals surface area contributed by atoms with E-state index in [9.17, 15) is 0 Å². The first-order valence-electron chi connectivity index (χ1n) is 15.4. The van der Waals surface area contributed by atoms with Gasteiger partial charge in [-0.05, 0) is 92.1 Å². The molecule has 218 valence electrons. The quantitative estimate of drug-likeness (QED) is 0.177. The molecule has 3 heterocycles. The second-order valence-electron chi connectivity index (χ2n) is 11.8. The fourth-order valence-corrected chi connectivity index (χ4v) is 7.36. The molecule has 0 saturated carbocycles. The predicted molar refractivity (Wildman–Crippen MR) is 189 cm³/mol. The molecule has 5 aromatic carbocycles. The summed E-state index contributed by atoms with van der Waals surface area (Å²) in [7, 11) is 0. The highest BCUT2D eigenvalue weighted by molar-refractivity contribution is 7.99. The lowest BCUT2D eigenvalue weighted by molar-refractivity contribution is 0.612. The highest BCUT2D eigenvalue weighted by atomic mass is 32.2. The van der Waals surface area contributed by atoms with Crippen LogP contribution in [0.1, 0.15) is 25.5 Å². The van der Waals surface area contributed by atoms with Gasteiger partial charge in [-0.25, -0.2) is 9.55 Å².